The number of likely N-dealkylation sites (tertiary alicyclic amines) is 1. The van der Waals surface area contributed by atoms with Crippen LogP contribution in [0.3, 0.4) is 0 Å². The van der Waals surface area contributed by atoms with E-state index in [-0.39, 0.29) is 6.03 Å². The van der Waals surface area contributed by atoms with Crippen molar-refractivity contribution in [3.63, 3.8) is 0 Å². The first-order valence-corrected chi connectivity index (χ1v) is 7.27. The van der Waals surface area contributed by atoms with Gasteiger partial charge >= 0.3 is 12.0 Å². The standard InChI is InChI=1S/C12H17N3O3S/c16-11(17)10-4-2-1-3-5-15(10)12(18)13-6-9-7-19-8-14-9/h7-8,10H,1-6H2,(H,13,18)(H,16,17). The van der Waals surface area contributed by atoms with Crippen LogP contribution < -0.4 is 5.32 Å². The van der Waals surface area contributed by atoms with Crippen molar-refractivity contribution in [2.24, 2.45) is 0 Å². The largest absolute Gasteiger partial charge is 0.480 e. The minimum absolute atomic E-state index is 0.317. The summed E-state index contributed by atoms with van der Waals surface area (Å²) in [5.74, 6) is -0.925. The van der Waals surface area contributed by atoms with Gasteiger partial charge in [0.15, 0.2) is 0 Å². The molecule has 0 spiro atoms. The van der Waals surface area contributed by atoms with Gasteiger partial charge in [0.1, 0.15) is 6.04 Å². The zero-order valence-electron chi connectivity index (χ0n) is 10.5. The molecule has 2 N–H and O–H groups in total. The Hall–Kier alpha value is -1.63. The van der Waals surface area contributed by atoms with Gasteiger partial charge in [0, 0.05) is 11.9 Å². The van der Waals surface area contributed by atoms with Gasteiger partial charge in [-0.3, -0.25) is 0 Å². The number of amides is 2. The van der Waals surface area contributed by atoms with Gasteiger partial charge in [-0.1, -0.05) is 12.8 Å². The van der Waals surface area contributed by atoms with Gasteiger partial charge in [-0.2, -0.15) is 0 Å². The molecular formula is C12H17N3O3S. The third kappa shape index (κ3) is 3.66. The van der Waals surface area contributed by atoms with Gasteiger partial charge in [0.25, 0.3) is 0 Å². The summed E-state index contributed by atoms with van der Waals surface area (Å²) in [6, 6.07) is -1.03. The molecule has 1 aromatic rings. The summed E-state index contributed by atoms with van der Waals surface area (Å²) in [4.78, 5) is 28.8. The fraction of sp³-hybridized carbons (Fsp3) is 0.583. The van der Waals surface area contributed by atoms with Gasteiger partial charge in [-0.15, -0.1) is 11.3 Å². The van der Waals surface area contributed by atoms with Gasteiger partial charge in [0.2, 0.25) is 0 Å². The number of carboxylic acid groups (broad SMARTS) is 1. The Kier molecular flexibility index (Phi) is 4.73. The number of urea groups is 1. The molecule has 2 rings (SSSR count). The number of thiazole rings is 1. The molecule has 104 valence electrons. The van der Waals surface area contributed by atoms with Crippen molar-refractivity contribution >= 4 is 23.3 Å². The lowest BCUT2D eigenvalue weighted by atomic mass is 10.1. The maximum Gasteiger partial charge on any atom is 0.326 e. The fourth-order valence-corrected chi connectivity index (χ4v) is 2.76. The monoisotopic (exact) mass is 283 g/mol. The Morgan fingerprint density at radius 1 is 1.47 bits per heavy atom. The van der Waals surface area contributed by atoms with Crippen LogP contribution in [0.5, 0.6) is 0 Å². The number of rotatable bonds is 3. The third-order valence-corrected chi connectivity index (χ3v) is 3.84. The number of aromatic nitrogens is 1. The van der Waals surface area contributed by atoms with Crippen molar-refractivity contribution in [2.45, 2.75) is 38.3 Å². The predicted octanol–water partition coefficient (Wildman–Crippen LogP) is 1.68. The van der Waals surface area contributed by atoms with E-state index in [9.17, 15) is 14.7 Å². The smallest absolute Gasteiger partial charge is 0.326 e. The van der Waals surface area contributed by atoms with Gasteiger partial charge < -0.3 is 15.3 Å². The fourth-order valence-electron chi connectivity index (χ4n) is 2.20. The number of carbonyl (C=O) groups excluding carboxylic acids is 1. The van der Waals surface area contributed by atoms with Crippen molar-refractivity contribution in [1.29, 1.82) is 0 Å². The number of hydrogen-bond donors (Lipinski definition) is 2. The molecule has 1 aliphatic heterocycles. The van der Waals surface area contributed by atoms with E-state index in [0.717, 1.165) is 25.0 Å². The van der Waals surface area contributed by atoms with Crippen LogP contribution >= 0.6 is 11.3 Å². The van der Waals surface area contributed by atoms with E-state index in [0.29, 0.717) is 19.5 Å². The van der Waals surface area contributed by atoms with E-state index in [4.69, 9.17) is 0 Å². The molecule has 1 aliphatic rings. The van der Waals surface area contributed by atoms with Crippen LogP contribution in [0.2, 0.25) is 0 Å². The molecule has 0 radical (unpaired) electrons. The summed E-state index contributed by atoms with van der Waals surface area (Å²) in [6.45, 7) is 0.838. The molecule has 7 heteroatoms. The molecule has 1 fully saturated rings. The van der Waals surface area contributed by atoms with Gasteiger partial charge in [0.05, 0.1) is 17.7 Å². The van der Waals surface area contributed by atoms with Crippen molar-refractivity contribution in [3.8, 4) is 0 Å². The van der Waals surface area contributed by atoms with E-state index >= 15 is 0 Å². The number of carbonyl (C=O) groups is 2. The first-order valence-electron chi connectivity index (χ1n) is 6.33. The van der Waals surface area contributed by atoms with E-state index in [1.807, 2.05) is 5.38 Å². The zero-order chi connectivity index (χ0) is 13.7. The Bertz CT molecular complexity index is 435. The lowest BCUT2D eigenvalue weighted by Gasteiger charge is -2.26. The highest BCUT2D eigenvalue weighted by Gasteiger charge is 2.30. The van der Waals surface area contributed by atoms with Crippen LogP contribution in [0.4, 0.5) is 4.79 Å². The maximum absolute atomic E-state index is 12.1. The molecule has 2 amide bonds. The van der Waals surface area contributed by atoms with E-state index < -0.39 is 12.0 Å². The number of hydrogen-bond acceptors (Lipinski definition) is 4. The maximum atomic E-state index is 12.1. The normalized spacial score (nSPS) is 19.8. The van der Waals surface area contributed by atoms with Crippen molar-refractivity contribution in [2.75, 3.05) is 6.54 Å². The molecule has 0 bridgehead atoms. The molecule has 0 aromatic carbocycles. The van der Waals surface area contributed by atoms with Crippen LogP contribution in [0.1, 0.15) is 31.4 Å². The van der Waals surface area contributed by atoms with Gasteiger partial charge in [-0.05, 0) is 12.8 Å². The molecule has 1 unspecified atom stereocenters. The van der Waals surface area contributed by atoms with Gasteiger partial charge in [-0.25, -0.2) is 14.6 Å². The predicted molar refractivity (Wildman–Crippen MR) is 70.9 cm³/mol. The van der Waals surface area contributed by atoms with Crippen LogP contribution in [0, 0.1) is 0 Å². The summed E-state index contributed by atoms with van der Waals surface area (Å²) < 4.78 is 0. The molecule has 19 heavy (non-hydrogen) atoms. The second-order valence-corrected chi connectivity index (χ2v) is 5.25. The molecule has 6 nitrogen and oxygen atoms in total. The summed E-state index contributed by atoms with van der Waals surface area (Å²) >= 11 is 1.47. The van der Waals surface area contributed by atoms with Crippen molar-refractivity contribution in [3.05, 3.63) is 16.6 Å². The average molecular weight is 283 g/mol. The summed E-state index contributed by atoms with van der Waals surface area (Å²) in [5, 5.41) is 13.8. The number of aliphatic carboxylic acids is 1. The SMILES string of the molecule is O=C(O)C1CCCCCN1C(=O)NCc1cscn1. The summed E-state index contributed by atoms with van der Waals surface area (Å²) in [5.41, 5.74) is 2.49. The van der Waals surface area contributed by atoms with E-state index in [2.05, 4.69) is 10.3 Å². The van der Waals surface area contributed by atoms with Crippen molar-refractivity contribution < 1.29 is 14.7 Å². The second-order valence-electron chi connectivity index (χ2n) is 4.54. The Labute approximate surface area is 115 Å². The van der Waals surface area contributed by atoms with Crippen LogP contribution in [-0.4, -0.2) is 39.6 Å². The lowest BCUT2D eigenvalue weighted by Crippen LogP contribution is -2.49. The van der Waals surface area contributed by atoms with E-state index in [1.54, 1.807) is 5.51 Å². The molecule has 0 saturated carbocycles. The Balaban J connectivity index is 1.96. The highest BCUT2D eigenvalue weighted by Crippen LogP contribution is 2.17. The first-order chi connectivity index (χ1) is 9.18. The Morgan fingerprint density at radius 3 is 3.00 bits per heavy atom. The number of nitrogens with one attached hydrogen (secondary N) is 1. The summed E-state index contributed by atoms with van der Waals surface area (Å²) in [6.07, 6.45) is 3.21. The Morgan fingerprint density at radius 2 is 2.32 bits per heavy atom. The minimum Gasteiger partial charge on any atom is -0.480 e. The second kappa shape index (κ2) is 6.51. The first kappa shape index (κ1) is 13.8. The lowest BCUT2D eigenvalue weighted by molar-refractivity contribution is -0.142. The highest BCUT2D eigenvalue weighted by atomic mass is 32.1. The molecule has 2 heterocycles. The molecule has 1 aromatic heterocycles. The van der Waals surface area contributed by atoms with E-state index in [1.165, 1.54) is 16.2 Å². The third-order valence-electron chi connectivity index (χ3n) is 3.20. The number of nitrogens with zero attached hydrogens (tertiary/aromatic N) is 2. The van der Waals surface area contributed by atoms with Crippen LogP contribution in [-0.2, 0) is 11.3 Å². The topological polar surface area (TPSA) is 82.5 Å². The van der Waals surface area contributed by atoms with Crippen LogP contribution in [0.25, 0.3) is 0 Å². The molecule has 0 aliphatic carbocycles. The number of carboxylic acids is 1. The molecule has 1 saturated heterocycles. The quantitative estimate of drug-likeness (QED) is 0.884. The molecular weight excluding hydrogens is 266 g/mol. The van der Waals surface area contributed by atoms with Crippen molar-refractivity contribution in [1.82, 2.24) is 15.2 Å². The highest BCUT2D eigenvalue weighted by molar-refractivity contribution is 7.07. The average Bonchev–Trinajstić information content (AvgIpc) is 2.77. The molecule has 1 atom stereocenters. The minimum atomic E-state index is -0.925. The summed E-state index contributed by atoms with van der Waals surface area (Å²) in [7, 11) is 0. The van der Waals surface area contributed by atoms with Crippen LogP contribution in [0.15, 0.2) is 10.9 Å². The zero-order valence-corrected chi connectivity index (χ0v) is 11.4.